The van der Waals surface area contributed by atoms with Crippen molar-refractivity contribution < 1.29 is 18.0 Å². The maximum absolute atomic E-state index is 12.4. The van der Waals surface area contributed by atoms with Gasteiger partial charge in [0.15, 0.2) is 0 Å². The second kappa shape index (κ2) is 6.02. The van der Waals surface area contributed by atoms with Gasteiger partial charge in [-0.2, -0.15) is 13.2 Å². The lowest BCUT2D eigenvalue weighted by Gasteiger charge is -2.16. The first kappa shape index (κ1) is 15.1. The van der Waals surface area contributed by atoms with E-state index in [-0.39, 0.29) is 11.7 Å². The van der Waals surface area contributed by atoms with Gasteiger partial charge in [-0.25, -0.2) is 4.98 Å². The van der Waals surface area contributed by atoms with Crippen LogP contribution in [0.4, 0.5) is 13.2 Å². The zero-order chi connectivity index (χ0) is 15.5. The minimum atomic E-state index is -4.38. The number of halogens is 3. The van der Waals surface area contributed by atoms with Crippen LogP contribution < -0.4 is 5.32 Å². The number of nitrogens with one attached hydrogen (secondary N) is 2. The molecule has 0 saturated carbocycles. The summed E-state index contributed by atoms with van der Waals surface area (Å²) in [6, 6.07) is 2.39. The van der Waals surface area contributed by atoms with Crippen molar-refractivity contribution in [1.82, 2.24) is 19.9 Å². The number of nitrogens with zero attached hydrogens (tertiary/aromatic N) is 2. The Hall–Kier alpha value is -2.25. The summed E-state index contributed by atoms with van der Waals surface area (Å²) in [5, 5.41) is 2.68. The van der Waals surface area contributed by atoms with Crippen LogP contribution >= 0.6 is 0 Å². The van der Waals surface area contributed by atoms with Gasteiger partial charge < -0.3 is 14.9 Å². The van der Waals surface area contributed by atoms with Crippen LogP contribution in [0.15, 0.2) is 30.7 Å². The van der Waals surface area contributed by atoms with Crippen LogP contribution in [-0.2, 0) is 6.54 Å². The average Bonchev–Trinajstić information content (AvgIpc) is 3.04. The molecule has 114 valence electrons. The maximum Gasteiger partial charge on any atom is 0.406 e. The van der Waals surface area contributed by atoms with Crippen LogP contribution in [0.1, 0.15) is 35.7 Å². The van der Waals surface area contributed by atoms with Gasteiger partial charge in [-0.15, -0.1) is 0 Å². The second-order valence-electron chi connectivity index (χ2n) is 4.55. The number of hydrogen-bond acceptors (Lipinski definition) is 2. The van der Waals surface area contributed by atoms with Crippen molar-refractivity contribution >= 4 is 5.91 Å². The maximum atomic E-state index is 12.4. The fourth-order valence-corrected chi connectivity index (χ4v) is 2.02. The standard InChI is InChI=1S/C13H15F3N4O/c1-2-9(11-17-5-6-18-11)19-12(21)10-4-3-7-20(10)8-13(14,15)16/h3-7,9H,2,8H2,1H3,(H,17,18)(H,19,21). The molecule has 0 bridgehead atoms. The summed E-state index contributed by atoms with van der Waals surface area (Å²) in [6.07, 6.45) is 0.599. The number of carbonyl (C=O) groups is 1. The number of hydrogen-bond donors (Lipinski definition) is 2. The minimum Gasteiger partial charge on any atom is -0.347 e. The third kappa shape index (κ3) is 3.87. The fourth-order valence-electron chi connectivity index (χ4n) is 2.02. The highest BCUT2D eigenvalue weighted by Crippen LogP contribution is 2.19. The summed E-state index contributed by atoms with van der Waals surface area (Å²) < 4.78 is 38.2. The van der Waals surface area contributed by atoms with E-state index in [1.165, 1.54) is 18.3 Å². The van der Waals surface area contributed by atoms with Gasteiger partial charge in [-0.3, -0.25) is 4.79 Å². The zero-order valence-corrected chi connectivity index (χ0v) is 11.3. The number of imidazole rings is 1. The molecule has 0 aliphatic carbocycles. The van der Waals surface area contributed by atoms with E-state index in [0.717, 1.165) is 4.57 Å². The van der Waals surface area contributed by atoms with Gasteiger partial charge in [0.25, 0.3) is 5.91 Å². The van der Waals surface area contributed by atoms with Crippen LogP contribution in [0.5, 0.6) is 0 Å². The van der Waals surface area contributed by atoms with Gasteiger partial charge >= 0.3 is 6.18 Å². The number of alkyl halides is 3. The summed E-state index contributed by atoms with van der Waals surface area (Å²) >= 11 is 0. The van der Waals surface area contributed by atoms with Gasteiger partial charge in [0.2, 0.25) is 0 Å². The summed E-state index contributed by atoms with van der Waals surface area (Å²) in [5.74, 6) is 0.00674. The molecule has 1 amide bonds. The monoisotopic (exact) mass is 300 g/mol. The van der Waals surface area contributed by atoms with Crippen molar-refractivity contribution in [3.8, 4) is 0 Å². The Morgan fingerprint density at radius 2 is 2.29 bits per heavy atom. The highest BCUT2D eigenvalue weighted by Gasteiger charge is 2.29. The van der Waals surface area contributed by atoms with E-state index in [2.05, 4.69) is 15.3 Å². The molecule has 1 atom stereocenters. The van der Waals surface area contributed by atoms with Crippen molar-refractivity contribution in [1.29, 1.82) is 0 Å². The second-order valence-corrected chi connectivity index (χ2v) is 4.55. The number of aromatic nitrogens is 3. The Bertz CT molecular complexity index is 589. The topological polar surface area (TPSA) is 62.7 Å². The minimum absolute atomic E-state index is 0.0302. The van der Waals surface area contributed by atoms with E-state index in [0.29, 0.717) is 12.2 Å². The van der Waals surface area contributed by atoms with Crippen LogP contribution in [0, 0.1) is 0 Å². The molecule has 5 nitrogen and oxygen atoms in total. The molecule has 8 heteroatoms. The lowest BCUT2D eigenvalue weighted by molar-refractivity contribution is -0.140. The first-order valence-electron chi connectivity index (χ1n) is 6.42. The van der Waals surface area contributed by atoms with Crippen molar-refractivity contribution in [2.75, 3.05) is 0 Å². The number of rotatable bonds is 5. The third-order valence-electron chi connectivity index (χ3n) is 2.97. The van der Waals surface area contributed by atoms with Crippen LogP contribution in [0.3, 0.4) is 0 Å². The predicted octanol–water partition coefficient (Wildman–Crippen LogP) is 2.65. The van der Waals surface area contributed by atoms with Crippen LogP contribution in [-0.4, -0.2) is 26.6 Å². The van der Waals surface area contributed by atoms with E-state index in [4.69, 9.17) is 0 Å². The first-order valence-corrected chi connectivity index (χ1v) is 6.42. The Labute approximate surface area is 119 Å². The highest BCUT2D eigenvalue weighted by molar-refractivity contribution is 5.93. The summed E-state index contributed by atoms with van der Waals surface area (Å²) in [4.78, 5) is 19.1. The molecule has 2 aromatic rings. The van der Waals surface area contributed by atoms with E-state index >= 15 is 0 Å². The summed E-state index contributed by atoms with van der Waals surface area (Å²) in [7, 11) is 0. The van der Waals surface area contributed by atoms with E-state index in [1.54, 1.807) is 12.4 Å². The molecule has 2 heterocycles. The smallest absolute Gasteiger partial charge is 0.347 e. The van der Waals surface area contributed by atoms with Gasteiger partial charge in [-0.05, 0) is 18.6 Å². The predicted molar refractivity (Wildman–Crippen MR) is 69.6 cm³/mol. The first-order chi connectivity index (χ1) is 9.90. The molecule has 21 heavy (non-hydrogen) atoms. The van der Waals surface area contributed by atoms with Crippen molar-refractivity contribution in [3.05, 3.63) is 42.2 Å². The van der Waals surface area contributed by atoms with Crippen molar-refractivity contribution in [2.45, 2.75) is 32.1 Å². The fraction of sp³-hybridized carbons (Fsp3) is 0.385. The molecular weight excluding hydrogens is 285 g/mol. The van der Waals surface area contributed by atoms with Crippen LogP contribution in [0.25, 0.3) is 0 Å². The Balaban J connectivity index is 2.12. The van der Waals surface area contributed by atoms with Crippen molar-refractivity contribution in [2.24, 2.45) is 0 Å². The molecule has 0 radical (unpaired) electrons. The van der Waals surface area contributed by atoms with Crippen molar-refractivity contribution in [3.63, 3.8) is 0 Å². The molecule has 2 rings (SSSR count). The van der Waals surface area contributed by atoms with Gasteiger partial charge in [0, 0.05) is 18.6 Å². The van der Waals surface area contributed by atoms with Gasteiger partial charge in [0.1, 0.15) is 18.1 Å². The third-order valence-corrected chi connectivity index (χ3v) is 2.97. The Kier molecular flexibility index (Phi) is 4.35. The van der Waals surface area contributed by atoms with E-state index < -0.39 is 18.6 Å². The largest absolute Gasteiger partial charge is 0.406 e. The Morgan fingerprint density at radius 3 is 2.86 bits per heavy atom. The number of amides is 1. The lowest BCUT2D eigenvalue weighted by Crippen LogP contribution is -2.31. The van der Waals surface area contributed by atoms with Crippen LogP contribution in [0.2, 0.25) is 0 Å². The zero-order valence-electron chi connectivity index (χ0n) is 11.3. The molecular formula is C13H15F3N4O. The number of H-pyrrole nitrogens is 1. The molecule has 0 spiro atoms. The molecule has 2 N–H and O–H groups in total. The number of carbonyl (C=O) groups excluding carboxylic acids is 1. The normalized spacial score (nSPS) is 13.1. The molecule has 2 aromatic heterocycles. The highest BCUT2D eigenvalue weighted by atomic mass is 19.4. The lowest BCUT2D eigenvalue weighted by atomic mass is 10.2. The molecule has 0 aromatic carbocycles. The van der Waals surface area contributed by atoms with Gasteiger partial charge in [-0.1, -0.05) is 6.92 Å². The SMILES string of the molecule is CCC(NC(=O)c1cccn1CC(F)(F)F)c1ncc[nH]1. The molecule has 0 aliphatic rings. The molecule has 0 fully saturated rings. The molecule has 0 aliphatic heterocycles. The number of aromatic amines is 1. The summed E-state index contributed by atoms with van der Waals surface area (Å²) in [5.41, 5.74) is -0.0302. The Morgan fingerprint density at radius 1 is 1.52 bits per heavy atom. The molecule has 1 unspecified atom stereocenters. The average molecular weight is 300 g/mol. The van der Waals surface area contributed by atoms with Gasteiger partial charge in [0.05, 0.1) is 6.04 Å². The summed E-state index contributed by atoms with van der Waals surface area (Å²) in [6.45, 7) is 0.655. The van der Waals surface area contributed by atoms with E-state index in [1.807, 2.05) is 6.92 Å². The van der Waals surface area contributed by atoms with E-state index in [9.17, 15) is 18.0 Å². The quantitative estimate of drug-likeness (QED) is 0.891. The molecule has 0 saturated heterocycles.